The maximum Gasteiger partial charge on any atom is 0.421 e. The van der Waals surface area contributed by atoms with E-state index >= 15 is 0 Å². The predicted molar refractivity (Wildman–Crippen MR) is 130 cm³/mol. The molecule has 1 spiro atoms. The highest BCUT2D eigenvalue weighted by molar-refractivity contribution is 9.10. The Hall–Kier alpha value is -2.79. The number of amides is 2. The zero-order chi connectivity index (χ0) is 27.1. The number of aliphatic hydroxyl groups excluding tert-OH is 1. The molecule has 1 aromatic carbocycles. The summed E-state index contributed by atoms with van der Waals surface area (Å²) in [5, 5.41) is 11.5. The molecule has 36 heavy (non-hydrogen) atoms. The Kier molecular flexibility index (Phi) is 7.67. The van der Waals surface area contributed by atoms with E-state index in [-0.39, 0.29) is 37.3 Å². The average molecular weight is 568 g/mol. The minimum Gasteiger partial charge on any atom is -0.465 e. The van der Waals surface area contributed by atoms with Crippen LogP contribution in [-0.2, 0) is 38.8 Å². The standard InChI is InChI=1S/C25H30BrNO9/c1-6-34-20(31)24(21(32)35-7-2)14(13-28)8-11-18(29)25(24)16-10-9-15(26)12-17(16)27(19(25)30)22(33)36-23(3,4)5/h9-10,12-14,18,29H,6-8,11H2,1-5H3/t14-,18+,25-/m1/s1. The smallest absolute Gasteiger partial charge is 0.421 e. The van der Waals surface area contributed by atoms with Gasteiger partial charge in [0.25, 0.3) is 5.91 Å². The van der Waals surface area contributed by atoms with Gasteiger partial charge in [0.15, 0.2) is 5.41 Å². The molecule has 1 N–H and O–H groups in total. The summed E-state index contributed by atoms with van der Waals surface area (Å²) in [4.78, 5) is 68.3. The van der Waals surface area contributed by atoms with Crippen molar-refractivity contribution in [3.05, 3.63) is 28.2 Å². The lowest BCUT2D eigenvalue weighted by Crippen LogP contribution is -2.71. The molecule has 2 amide bonds. The van der Waals surface area contributed by atoms with Crippen LogP contribution in [0, 0.1) is 11.3 Å². The number of aldehydes is 1. The monoisotopic (exact) mass is 567 g/mol. The number of benzene rings is 1. The van der Waals surface area contributed by atoms with Gasteiger partial charge in [-0.15, -0.1) is 0 Å². The van der Waals surface area contributed by atoms with E-state index in [2.05, 4.69) is 15.9 Å². The van der Waals surface area contributed by atoms with E-state index in [4.69, 9.17) is 14.2 Å². The van der Waals surface area contributed by atoms with Crippen LogP contribution in [0.2, 0.25) is 0 Å². The minimum absolute atomic E-state index is 0.00666. The molecule has 0 aromatic heterocycles. The summed E-state index contributed by atoms with van der Waals surface area (Å²) >= 11 is 3.32. The van der Waals surface area contributed by atoms with E-state index in [0.717, 1.165) is 0 Å². The largest absolute Gasteiger partial charge is 0.465 e. The first-order chi connectivity index (χ1) is 16.8. The van der Waals surface area contributed by atoms with Crippen molar-refractivity contribution in [2.45, 2.75) is 64.6 Å². The second kappa shape index (κ2) is 9.93. The van der Waals surface area contributed by atoms with Gasteiger partial charge in [-0.25, -0.2) is 9.69 Å². The predicted octanol–water partition coefficient (Wildman–Crippen LogP) is 3.05. The van der Waals surface area contributed by atoms with E-state index in [1.54, 1.807) is 26.8 Å². The highest BCUT2D eigenvalue weighted by Crippen LogP contribution is 2.62. The van der Waals surface area contributed by atoms with Gasteiger partial charge in [-0.05, 0) is 65.2 Å². The Bertz CT molecular complexity index is 1080. The first kappa shape index (κ1) is 27.8. The number of aliphatic hydroxyl groups is 1. The molecule has 1 aliphatic heterocycles. The van der Waals surface area contributed by atoms with Crippen LogP contribution < -0.4 is 4.90 Å². The first-order valence-corrected chi connectivity index (χ1v) is 12.5. The fraction of sp³-hybridized carbons (Fsp3) is 0.560. The van der Waals surface area contributed by atoms with Crippen molar-refractivity contribution in [2.75, 3.05) is 18.1 Å². The summed E-state index contributed by atoms with van der Waals surface area (Å²) in [7, 11) is 0. The van der Waals surface area contributed by atoms with E-state index < -0.39 is 52.4 Å². The number of carbonyl (C=O) groups is 5. The van der Waals surface area contributed by atoms with E-state index in [0.29, 0.717) is 15.7 Å². The number of carbonyl (C=O) groups excluding carboxylic acids is 5. The molecule has 1 saturated carbocycles. The third-order valence-corrected chi connectivity index (χ3v) is 7.02. The molecule has 1 heterocycles. The number of ether oxygens (including phenoxy) is 3. The number of nitrogens with zero attached hydrogens (tertiary/aromatic N) is 1. The van der Waals surface area contributed by atoms with Gasteiger partial charge in [-0.2, -0.15) is 0 Å². The quantitative estimate of drug-likeness (QED) is 0.246. The molecule has 3 atom stereocenters. The first-order valence-electron chi connectivity index (χ1n) is 11.7. The van der Waals surface area contributed by atoms with Crippen LogP contribution in [0.4, 0.5) is 10.5 Å². The van der Waals surface area contributed by atoms with Crippen molar-refractivity contribution in [3.63, 3.8) is 0 Å². The Morgan fingerprint density at radius 3 is 2.22 bits per heavy atom. The normalized spacial score (nSPS) is 24.8. The average Bonchev–Trinajstić information content (AvgIpc) is 3.03. The minimum atomic E-state index is -2.59. The number of hydrogen-bond acceptors (Lipinski definition) is 9. The van der Waals surface area contributed by atoms with Gasteiger partial charge in [-0.1, -0.05) is 22.0 Å². The van der Waals surface area contributed by atoms with Crippen LogP contribution in [0.15, 0.2) is 22.7 Å². The summed E-state index contributed by atoms with van der Waals surface area (Å²) < 4.78 is 16.5. The van der Waals surface area contributed by atoms with Gasteiger partial charge in [0.05, 0.1) is 25.0 Å². The summed E-state index contributed by atoms with van der Waals surface area (Å²) in [6, 6.07) is 4.43. The topological polar surface area (TPSA) is 137 Å². The zero-order valence-electron chi connectivity index (χ0n) is 20.8. The lowest BCUT2D eigenvalue weighted by Gasteiger charge is -2.51. The molecule has 0 unspecified atom stereocenters. The number of fused-ring (bicyclic) bond motifs is 2. The molecule has 1 aliphatic carbocycles. The van der Waals surface area contributed by atoms with Gasteiger partial charge in [-0.3, -0.25) is 14.4 Å². The molecule has 3 rings (SSSR count). The van der Waals surface area contributed by atoms with Gasteiger partial charge in [0.1, 0.15) is 17.3 Å². The maximum absolute atomic E-state index is 14.4. The Balaban J connectivity index is 2.46. The Labute approximate surface area is 217 Å². The molecule has 0 saturated heterocycles. The molecule has 11 heteroatoms. The van der Waals surface area contributed by atoms with Crippen molar-refractivity contribution in [2.24, 2.45) is 11.3 Å². The van der Waals surface area contributed by atoms with Crippen molar-refractivity contribution in [1.82, 2.24) is 0 Å². The summed E-state index contributed by atoms with van der Waals surface area (Å²) in [5.41, 5.74) is -5.94. The van der Waals surface area contributed by atoms with Crippen LogP contribution in [0.25, 0.3) is 0 Å². The fourth-order valence-electron chi connectivity index (χ4n) is 5.31. The summed E-state index contributed by atoms with van der Waals surface area (Å²) in [5.74, 6) is -4.83. The van der Waals surface area contributed by atoms with Crippen LogP contribution in [0.5, 0.6) is 0 Å². The number of imide groups is 1. The SMILES string of the molecule is CCOC(=O)C1(C(=O)OCC)[C@@H](C=O)CC[C@H](O)[C@]12C(=O)N(C(=O)OC(C)(C)C)c1cc(Br)ccc12. The fourth-order valence-corrected chi connectivity index (χ4v) is 5.66. The number of hydrogen-bond donors (Lipinski definition) is 1. The molecule has 2 aliphatic rings. The van der Waals surface area contributed by atoms with E-state index in [9.17, 15) is 29.1 Å². The lowest BCUT2D eigenvalue weighted by atomic mass is 9.48. The number of rotatable bonds is 5. The molecule has 0 bridgehead atoms. The van der Waals surface area contributed by atoms with Crippen LogP contribution in [0.1, 0.15) is 53.0 Å². The molecular formula is C25H30BrNO9. The third kappa shape index (κ3) is 3.92. The van der Waals surface area contributed by atoms with Gasteiger partial charge in [0.2, 0.25) is 0 Å². The molecule has 0 radical (unpaired) electrons. The van der Waals surface area contributed by atoms with E-state index in [1.165, 1.54) is 26.0 Å². The van der Waals surface area contributed by atoms with Crippen molar-refractivity contribution in [1.29, 1.82) is 0 Å². The Morgan fingerprint density at radius 2 is 1.72 bits per heavy atom. The highest BCUT2D eigenvalue weighted by Gasteiger charge is 2.79. The third-order valence-electron chi connectivity index (χ3n) is 6.53. The van der Waals surface area contributed by atoms with Crippen molar-refractivity contribution >= 4 is 51.8 Å². The summed E-state index contributed by atoms with van der Waals surface area (Å²) in [6.45, 7) is 7.51. The van der Waals surface area contributed by atoms with Crippen LogP contribution in [0.3, 0.4) is 0 Å². The highest BCUT2D eigenvalue weighted by atomic mass is 79.9. The zero-order valence-corrected chi connectivity index (χ0v) is 22.4. The second-order valence-corrected chi connectivity index (χ2v) is 10.6. The molecule has 10 nitrogen and oxygen atoms in total. The Morgan fingerprint density at radius 1 is 1.14 bits per heavy atom. The lowest BCUT2D eigenvalue weighted by molar-refractivity contribution is -0.198. The van der Waals surface area contributed by atoms with Crippen LogP contribution in [-0.4, -0.2) is 60.3 Å². The van der Waals surface area contributed by atoms with Gasteiger partial charge in [0, 0.05) is 10.4 Å². The van der Waals surface area contributed by atoms with Crippen molar-refractivity contribution in [3.8, 4) is 0 Å². The second-order valence-electron chi connectivity index (χ2n) is 9.68. The number of anilines is 1. The summed E-state index contributed by atoms with van der Waals surface area (Å²) in [6.07, 6.45) is -2.49. The molecule has 1 aromatic rings. The number of halogens is 1. The van der Waals surface area contributed by atoms with Crippen LogP contribution >= 0.6 is 15.9 Å². The van der Waals surface area contributed by atoms with Gasteiger partial charge >= 0.3 is 18.0 Å². The molecule has 196 valence electrons. The molecular weight excluding hydrogens is 538 g/mol. The van der Waals surface area contributed by atoms with Gasteiger partial charge < -0.3 is 24.1 Å². The number of esters is 2. The molecule has 1 fully saturated rings. The van der Waals surface area contributed by atoms with E-state index in [1.807, 2.05) is 0 Å². The van der Waals surface area contributed by atoms with Crippen molar-refractivity contribution < 1.29 is 43.3 Å². The maximum atomic E-state index is 14.4.